The second kappa shape index (κ2) is 9.83. The van der Waals surface area contributed by atoms with Crippen LogP contribution in [-0.2, 0) is 24.1 Å². The highest BCUT2D eigenvalue weighted by molar-refractivity contribution is 5.98. The molecule has 6 heteroatoms. The molecule has 6 bridgehead atoms. The molecule has 0 saturated carbocycles. The van der Waals surface area contributed by atoms with E-state index in [0.29, 0.717) is 17.8 Å². The Balaban J connectivity index is 1.52. The Morgan fingerprint density at radius 2 is 1.71 bits per heavy atom. The normalized spacial score (nSPS) is 16.4. The van der Waals surface area contributed by atoms with Crippen molar-refractivity contribution in [2.24, 2.45) is 0 Å². The molecule has 0 unspecified atom stereocenters. The lowest BCUT2D eigenvalue weighted by Gasteiger charge is -2.15. The molecule has 170 valence electrons. The minimum absolute atomic E-state index is 0.356. The summed E-state index contributed by atoms with van der Waals surface area (Å²) in [5.41, 5.74) is 5.79. The zero-order valence-electron chi connectivity index (χ0n) is 18.9. The fourth-order valence-electron chi connectivity index (χ4n) is 4.37. The van der Waals surface area contributed by atoms with Gasteiger partial charge in [-0.3, -0.25) is 4.79 Å². The Morgan fingerprint density at radius 1 is 0.912 bits per heavy atom. The quantitative estimate of drug-likeness (QED) is 0.438. The number of amides is 1. The fraction of sp³-hybridized carbons (Fsp3) is 0.214. The number of benzene rings is 2. The van der Waals surface area contributed by atoms with Crippen molar-refractivity contribution in [3.05, 3.63) is 101 Å². The molecule has 4 aromatic rings. The summed E-state index contributed by atoms with van der Waals surface area (Å²) in [5, 5.41) is 7.55. The van der Waals surface area contributed by atoms with Gasteiger partial charge in [0.05, 0.1) is 17.3 Å². The second-order valence-electron chi connectivity index (χ2n) is 8.66. The molecular weight excluding hydrogens is 424 g/mol. The van der Waals surface area contributed by atoms with Crippen LogP contribution in [0.3, 0.4) is 0 Å². The van der Waals surface area contributed by atoms with Crippen LogP contribution in [0.15, 0.2) is 79.1 Å². The minimum atomic E-state index is -0.632. The predicted molar refractivity (Wildman–Crippen MR) is 131 cm³/mol. The monoisotopic (exact) mass is 450 g/mol. The van der Waals surface area contributed by atoms with Crippen molar-refractivity contribution in [3.63, 3.8) is 0 Å². The highest BCUT2D eigenvalue weighted by atomic mass is 16.2. The Hall–Kier alpha value is -4.06. The summed E-state index contributed by atoms with van der Waals surface area (Å²) < 4.78 is 1.61. The molecule has 2 aliphatic rings. The number of rotatable bonds is 1. The molecule has 2 aromatic heterocycles. The average molecular weight is 451 g/mol. The van der Waals surface area contributed by atoms with E-state index in [1.165, 1.54) is 11.1 Å². The van der Waals surface area contributed by atoms with Gasteiger partial charge in [0.15, 0.2) is 5.82 Å². The number of nitrogens with zero attached hydrogens (tertiary/aromatic N) is 3. The van der Waals surface area contributed by atoms with E-state index in [9.17, 15) is 9.59 Å². The lowest BCUT2D eigenvalue weighted by atomic mass is 10.00. The summed E-state index contributed by atoms with van der Waals surface area (Å²) in [7, 11) is 0. The number of pyridine rings is 1. The van der Waals surface area contributed by atoms with E-state index in [2.05, 4.69) is 40.6 Å². The third-order valence-corrected chi connectivity index (χ3v) is 6.20. The molecule has 6 nitrogen and oxygen atoms in total. The van der Waals surface area contributed by atoms with E-state index >= 15 is 0 Å². The van der Waals surface area contributed by atoms with Gasteiger partial charge in [-0.1, -0.05) is 42.5 Å². The number of carbonyl (C=O) groups is 2. The van der Waals surface area contributed by atoms with E-state index < -0.39 is 6.04 Å². The molecule has 1 N–H and O–H groups in total. The third-order valence-electron chi connectivity index (χ3n) is 6.20. The highest BCUT2D eigenvalue weighted by Crippen LogP contribution is 2.22. The SMILES string of the molecule is O=C[C@@H]1Cc2ccc(cc2)CCCCc2cccc(c2)-c2ccn(n2)-c2ncccc2C(=O)N1. The van der Waals surface area contributed by atoms with Crippen LogP contribution in [0.2, 0.25) is 0 Å². The lowest BCUT2D eigenvalue weighted by Crippen LogP contribution is -2.38. The molecule has 2 aromatic carbocycles. The van der Waals surface area contributed by atoms with E-state index in [-0.39, 0.29) is 5.91 Å². The van der Waals surface area contributed by atoms with Gasteiger partial charge < -0.3 is 10.1 Å². The number of hydrogen-bond acceptors (Lipinski definition) is 4. The van der Waals surface area contributed by atoms with Crippen molar-refractivity contribution in [3.8, 4) is 17.1 Å². The first-order valence-electron chi connectivity index (χ1n) is 11.6. The molecule has 1 amide bonds. The minimum Gasteiger partial charge on any atom is -0.342 e. The van der Waals surface area contributed by atoms with Crippen molar-refractivity contribution < 1.29 is 9.59 Å². The first-order chi connectivity index (χ1) is 16.7. The molecule has 0 aliphatic carbocycles. The van der Waals surface area contributed by atoms with Crippen LogP contribution in [0.5, 0.6) is 0 Å². The highest BCUT2D eigenvalue weighted by Gasteiger charge is 2.19. The van der Waals surface area contributed by atoms with Crippen LogP contribution < -0.4 is 5.32 Å². The molecule has 34 heavy (non-hydrogen) atoms. The number of nitrogens with one attached hydrogen (secondary N) is 1. The molecular formula is C28H26N4O2. The van der Waals surface area contributed by atoms with Gasteiger partial charge in [-0.05, 0) is 73.1 Å². The van der Waals surface area contributed by atoms with E-state index in [1.807, 2.05) is 30.5 Å². The molecule has 0 saturated heterocycles. The summed E-state index contributed by atoms with van der Waals surface area (Å²) in [6.45, 7) is 0. The first-order valence-corrected chi connectivity index (χ1v) is 11.6. The first kappa shape index (κ1) is 21.8. The molecule has 2 aliphatic heterocycles. The molecule has 0 fully saturated rings. The number of fused-ring (bicyclic) bond motifs is 8. The van der Waals surface area contributed by atoms with Gasteiger partial charge in [-0.25, -0.2) is 9.67 Å². The van der Waals surface area contributed by atoms with Crippen LogP contribution in [0.1, 0.15) is 39.9 Å². The zero-order chi connectivity index (χ0) is 23.3. The largest absolute Gasteiger partial charge is 0.342 e. The maximum atomic E-state index is 13.1. The summed E-state index contributed by atoms with van der Waals surface area (Å²) in [6, 6.07) is 21.5. The van der Waals surface area contributed by atoms with Crippen molar-refractivity contribution in [2.45, 2.75) is 38.1 Å². The van der Waals surface area contributed by atoms with Crippen molar-refractivity contribution in [1.29, 1.82) is 0 Å². The zero-order valence-corrected chi connectivity index (χ0v) is 18.9. The van der Waals surface area contributed by atoms with Gasteiger partial charge in [0, 0.05) is 18.0 Å². The lowest BCUT2D eigenvalue weighted by molar-refractivity contribution is -0.109. The van der Waals surface area contributed by atoms with E-state index in [4.69, 9.17) is 5.10 Å². The Bertz CT molecular complexity index is 1310. The van der Waals surface area contributed by atoms with Gasteiger partial charge >= 0.3 is 0 Å². The van der Waals surface area contributed by atoms with Gasteiger partial charge in [-0.2, -0.15) is 5.10 Å². The molecule has 0 radical (unpaired) electrons. The van der Waals surface area contributed by atoms with Crippen molar-refractivity contribution >= 4 is 12.2 Å². The standard InChI is InChI=1S/C28H26N4O2/c33-19-24-18-22-12-10-20(11-13-22)5-1-2-6-21-7-3-8-23(17-21)26-14-16-32(31-26)27-25(28(34)30-24)9-4-15-29-27/h3-4,7-17,19,24H,1-2,5-6,18H2,(H,30,34)/t24-/m0/s1. The third kappa shape index (κ3) is 4.81. The fourth-order valence-corrected chi connectivity index (χ4v) is 4.37. The topological polar surface area (TPSA) is 76.9 Å². The summed E-state index contributed by atoms with van der Waals surface area (Å²) >= 11 is 0. The molecule has 1 atom stereocenters. The number of aldehydes is 1. The molecule has 6 rings (SSSR count). The molecule has 4 heterocycles. The van der Waals surface area contributed by atoms with E-state index in [1.54, 1.807) is 23.0 Å². The second-order valence-corrected chi connectivity index (χ2v) is 8.66. The maximum absolute atomic E-state index is 13.1. The number of aryl methyl sites for hydroxylation is 2. The summed E-state index contributed by atoms with van der Waals surface area (Å²) in [6.07, 6.45) is 8.90. The average Bonchev–Trinajstić information content (AvgIpc) is 3.37. The number of aromatic nitrogens is 3. The van der Waals surface area contributed by atoms with Crippen LogP contribution in [-0.4, -0.2) is 33.0 Å². The van der Waals surface area contributed by atoms with Crippen molar-refractivity contribution in [1.82, 2.24) is 20.1 Å². The Labute approximate surface area is 198 Å². The van der Waals surface area contributed by atoms with Crippen LogP contribution in [0, 0.1) is 0 Å². The number of carbonyl (C=O) groups excluding carboxylic acids is 2. The van der Waals surface area contributed by atoms with Crippen LogP contribution in [0.4, 0.5) is 0 Å². The van der Waals surface area contributed by atoms with Crippen molar-refractivity contribution in [2.75, 3.05) is 0 Å². The summed E-state index contributed by atoms with van der Waals surface area (Å²) in [5.74, 6) is 0.0658. The van der Waals surface area contributed by atoms with Gasteiger partial charge in [0.1, 0.15) is 6.29 Å². The van der Waals surface area contributed by atoms with Crippen LogP contribution >= 0.6 is 0 Å². The van der Waals surface area contributed by atoms with Gasteiger partial charge in [0.25, 0.3) is 5.91 Å². The Morgan fingerprint density at radius 3 is 2.53 bits per heavy atom. The number of hydrogen-bond donors (Lipinski definition) is 1. The predicted octanol–water partition coefficient (Wildman–Crippen LogP) is 4.35. The van der Waals surface area contributed by atoms with Gasteiger partial charge in [0.2, 0.25) is 0 Å². The smallest absolute Gasteiger partial charge is 0.255 e. The van der Waals surface area contributed by atoms with Gasteiger partial charge in [-0.15, -0.1) is 0 Å². The maximum Gasteiger partial charge on any atom is 0.255 e. The Kier molecular flexibility index (Phi) is 6.29. The van der Waals surface area contributed by atoms with Crippen LogP contribution in [0.25, 0.3) is 17.1 Å². The van der Waals surface area contributed by atoms with E-state index in [0.717, 1.165) is 48.8 Å². The summed E-state index contributed by atoms with van der Waals surface area (Å²) in [4.78, 5) is 29.3. The molecule has 0 spiro atoms.